The number of halogens is 1. The molecule has 1 aromatic carbocycles. The molecule has 4 nitrogen and oxygen atoms in total. The van der Waals surface area contributed by atoms with Crippen molar-refractivity contribution < 1.29 is 4.79 Å². The number of nitrogens with one attached hydrogen (secondary N) is 1. The second-order valence-electron chi connectivity index (χ2n) is 7.58. The molecule has 0 atom stereocenters. The first-order chi connectivity index (χ1) is 12.0. The highest BCUT2D eigenvalue weighted by Gasteiger charge is 2.23. The molecule has 1 amide bonds. The molecule has 1 aromatic rings. The minimum Gasteiger partial charge on any atom is -0.351 e. The van der Waals surface area contributed by atoms with Crippen molar-refractivity contribution in [3.63, 3.8) is 0 Å². The van der Waals surface area contributed by atoms with Crippen LogP contribution in [0.4, 0.5) is 0 Å². The number of rotatable bonds is 9. The van der Waals surface area contributed by atoms with Crippen LogP contribution in [0.1, 0.15) is 38.7 Å². The van der Waals surface area contributed by atoms with Gasteiger partial charge in [0, 0.05) is 57.1 Å². The van der Waals surface area contributed by atoms with Crippen LogP contribution >= 0.6 is 11.6 Å². The van der Waals surface area contributed by atoms with Crippen molar-refractivity contribution in [3.8, 4) is 0 Å². The first kappa shape index (κ1) is 20.2. The van der Waals surface area contributed by atoms with Gasteiger partial charge < -0.3 is 10.2 Å². The van der Waals surface area contributed by atoms with Gasteiger partial charge in [-0.05, 0) is 32.3 Å². The Hall–Kier alpha value is -1.10. The SMILES string of the molecule is CC(C)(CCN1CCN(Cc2ccccc2)CC1)NC(=O)CCCCl. The molecule has 0 aliphatic carbocycles. The van der Waals surface area contributed by atoms with Gasteiger partial charge in [-0.15, -0.1) is 11.6 Å². The molecule has 2 rings (SSSR count). The van der Waals surface area contributed by atoms with E-state index in [1.807, 2.05) is 0 Å². The average molecular weight is 366 g/mol. The van der Waals surface area contributed by atoms with Crippen molar-refractivity contribution in [2.45, 2.75) is 45.2 Å². The van der Waals surface area contributed by atoms with E-state index >= 15 is 0 Å². The second kappa shape index (κ2) is 10.1. The van der Waals surface area contributed by atoms with Gasteiger partial charge in [-0.25, -0.2) is 0 Å². The lowest BCUT2D eigenvalue weighted by Gasteiger charge is -2.36. The molecule has 5 heteroatoms. The molecular weight excluding hydrogens is 334 g/mol. The van der Waals surface area contributed by atoms with Crippen LogP contribution in [0.25, 0.3) is 0 Å². The monoisotopic (exact) mass is 365 g/mol. The number of benzene rings is 1. The Morgan fingerprint density at radius 2 is 1.76 bits per heavy atom. The summed E-state index contributed by atoms with van der Waals surface area (Å²) in [6, 6.07) is 10.7. The van der Waals surface area contributed by atoms with Crippen molar-refractivity contribution in [2.24, 2.45) is 0 Å². The van der Waals surface area contributed by atoms with Crippen LogP contribution < -0.4 is 5.32 Å². The summed E-state index contributed by atoms with van der Waals surface area (Å²) >= 11 is 5.65. The molecule has 1 fully saturated rings. The molecule has 1 aliphatic heterocycles. The Kier molecular flexibility index (Phi) is 8.20. The predicted molar refractivity (Wildman–Crippen MR) is 105 cm³/mol. The summed E-state index contributed by atoms with van der Waals surface area (Å²) in [7, 11) is 0. The molecule has 140 valence electrons. The Morgan fingerprint density at radius 1 is 1.12 bits per heavy atom. The average Bonchev–Trinajstić information content (AvgIpc) is 2.60. The lowest BCUT2D eigenvalue weighted by atomic mass is 9.99. The number of carbonyl (C=O) groups excluding carboxylic acids is 1. The van der Waals surface area contributed by atoms with E-state index in [0.717, 1.165) is 52.1 Å². The van der Waals surface area contributed by atoms with Gasteiger partial charge in [0.1, 0.15) is 0 Å². The number of amides is 1. The van der Waals surface area contributed by atoms with Crippen LogP contribution in [0.15, 0.2) is 30.3 Å². The van der Waals surface area contributed by atoms with Crippen LogP contribution in [0.5, 0.6) is 0 Å². The highest BCUT2D eigenvalue weighted by atomic mass is 35.5. The third-order valence-electron chi connectivity index (χ3n) is 4.78. The quantitative estimate of drug-likeness (QED) is 0.683. The number of carbonyl (C=O) groups is 1. The van der Waals surface area contributed by atoms with Crippen LogP contribution in [-0.4, -0.2) is 59.8 Å². The lowest BCUT2D eigenvalue weighted by Crippen LogP contribution is -2.49. The molecule has 25 heavy (non-hydrogen) atoms. The smallest absolute Gasteiger partial charge is 0.220 e. The Morgan fingerprint density at radius 3 is 2.40 bits per heavy atom. The van der Waals surface area contributed by atoms with Crippen LogP contribution in [-0.2, 0) is 11.3 Å². The molecule has 1 N–H and O–H groups in total. The maximum atomic E-state index is 11.9. The molecule has 1 saturated heterocycles. The fourth-order valence-corrected chi connectivity index (χ4v) is 3.31. The number of alkyl halides is 1. The van der Waals surface area contributed by atoms with Gasteiger partial charge in [-0.3, -0.25) is 9.69 Å². The lowest BCUT2D eigenvalue weighted by molar-refractivity contribution is -0.122. The van der Waals surface area contributed by atoms with E-state index in [1.54, 1.807) is 0 Å². The minimum atomic E-state index is -0.162. The topological polar surface area (TPSA) is 35.6 Å². The fourth-order valence-electron chi connectivity index (χ4n) is 3.18. The zero-order valence-electron chi connectivity index (χ0n) is 15.6. The van der Waals surface area contributed by atoms with E-state index in [4.69, 9.17) is 11.6 Å². The first-order valence-electron chi connectivity index (χ1n) is 9.34. The van der Waals surface area contributed by atoms with Crippen molar-refractivity contribution >= 4 is 17.5 Å². The standard InChI is InChI=1S/C20H32ClN3O/c1-20(2,22-19(25)9-6-11-21)10-12-23-13-15-24(16-14-23)17-18-7-4-3-5-8-18/h3-5,7-8H,6,9-17H2,1-2H3,(H,22,25). The summed E-state index contributed by atoms with van der Waals surface area (Å²) in [5.41, 5.74) is 1.22. The van der Waals surface area contributed by atoms with E-state index in [2.05, 4.69) is 59.3 Å². The van der Waals surface area contributed by atoms with E-state index in [1.165, 1.54) is 5.56 Å². The van der Waals surface area contributed by atoms with Gasteiger partial charge >= 0.3 is 0 Å². The summed E-state index contributed by atoms with van der Waals surface area (Å²) in [5.74, 6) is 0.652. The summed E-state index contributed by atoms with van der Waals surface area (Å²) in [6.07, 6.45) is 2.23. The zero-order chi connectivity index (χ0) is 18.1. The van der Waals surface area contributed by atoms with Gasteiger partial charge in [-0.2, -0.15) is 0 Å². The molecule has 0 unspecified atom stereocenters. The summed E-state index contributed by atoms with van der Waals surface area (Å²) < 4.78 is 0. The molecule has 0 bridgehead atoms. The van der Waals surface area contributed by atoms with Crippen LogP contribution in [0.2, 0.25) is 0 Å². The number of hydrogen-bond donors (Lipinski definition) is 1. The van der Waals surface area contributed by atoms with Crippen molar-refractivity contribution in [1.82, 2.24) is 15.1 Å². The van der Waals surface area contributed by atoms with E-state index in [0.29, 0.717) is 12.3 Å². The van der Waals surface area contributed by atoms with Crippen molar-refractivity contribution in [2.75, 3.05) is 38.6 Å². The van der Waals surface area contributed by atoms with Gasteiger partial charge in [0.25, 0.3) is 0 Å². The molecule has 1 aliphatic rings. The van der Waals surface area contributed by atoms with Crippen molar-refractivity contribution in [1.29, 1.82) is 0 Å². The maximum absolute atomic E-state index is 11.9. The maximum Gasteiger partial charge on any atom is 0.220 e. The van der Waals surface area contributed by atoms with Gasteiger partial charge in [-0.1, -0.05) is 30.3 Å². The zero-order valence-corrected chi connectivity index (χ0v) is 16.4. The number of nitrogens with zero attached hydrogens (tertiary/aromatic N) is 2. The molecule has 0 spiro atoms. The van der Waals surface area contributed by atoms with E-state index in [-0.39, 0.29) is 11.4 Å². The van der Waals surface area contributed by atoms with Gasteiger partial charge in [0.2, 0.25) is 5.91 Å². The first-order valence-corrected chi connectivity index (χ1v) is 9.87. The summed E-state index contributed by atoms with van der Waals surface area (Å²) in [5, 5.41) is 3.14. The highest BCUT2D eigenvalue weighted by Crippen LogP contribution is 2.13. The second-order valence-corrected chi connectivity index (χ2v) is 7.96. The Balaban J connectivity index is 1.66. The minimum absolute atomic E-state index is 0.110. The number of hydrogen-bond acceptors (Lipinski definition) is 3. The Bertz CT molecular complexity index is 513. The molecule has 0 saturated carbocycles. The molecular formula is C20H32ClN3O. The molecule has 1 heterocycles. The van der Waals surface area contributed by atoms with Gasteiger partial charge in [0.15, 0.2) is 0 Å². The van der Waals surface area contributed by atoms with E-state index in [9.17, 15) is 4.79 Å². The normalized spacial score (nSPS) is 16.8. The Labute approximate surface area is 157 Å². The van der Waals surface area contributed by atoms with Gasteiger partial charge in [0.05, 0.1) is 0 Å². The molecule has 0 radical (unpaired) electrons. The van der Waals surface area contributed by atoms with Crippen molar-refractivity contribution in [3.05, 3.63) is 35.9 Å². The van der Waals surface area contributed by atoms with E-state index < -0.39 is 0 Å². The van der Waals surface area contributed by atoms with Crippen LogP contribution in [0.3, 0.4) is 0 Å². The predicted octanol–water partition coefficient (Wildman–Crippen LogP) is 3.11. The largest absolute Gasteiger partial charge is 0.351 e. The third kappa shape index (κ3) is 7.76. The summed E-state index contributed by atoms with van der Waals surface area (Å²) in [6.45, 7) is 10.7. The highest BCUT2D eigenvalue weighted by molar-refractivity contribution is 6.17. The third-order valence-corrected chi connectivity index (χ3v) is 5.05. The fraction of sp³-hybridized carbons (Fsp3) is 0.650. The van der Waals surface area contributed by atoms with Crippen LogP contribution in [0, 0.1) is 0 Å². The molecule has 0 aromatic heterocycles. The number of piperazine rings is 1. The summed E-state index contributed by atoms with van der Waals surface area (Å²) in [4.78, 5) is 16.9.